The number of thiol groups is 3. The SMILES string of the molecule is CC[C@H](C)[C@H](NC(=O)CNC(=O)[C@H](CCCN=C(N)N)NC(=O)[C@@H](NC(=O)[C@H](CS)NC(=O)[C@H](CC(C)C)NC(=O)[C@H](CS)NC(=O)[C@@H](N)CCCN=C(N)N)C(C)C)C(=O)N[C@@H](CS)C(=O)O. The molecule has 0 aliphatic heterocycles. The Hall–Kier alpha value is -5.22. The zero-order valence-corrected chi connectivity index (χ0v) is 42.3. The van der Waals surface area contributed by atoms with Crippen molar-refractivity contribution in [2.45, 2.75) is 128 Å². The standard InChI is InChI=1S/C40H75N15O10S3/c1-7-21(6)30(37(63)53-27(18-68)38(64)65)54-28(56)15-48-32(58)23(11-9-13-47-40(44)45)49-36(62)29(20(4)5)55-35(61)26(17-67)52-33(59)24(14-19(2)3)50-34(60)25(16-66)51-31(57)22(41)10-8-12-46-39(42)43/h19-27,29-30,66-68H,7-18,41H2,1-6H3,(H,48,58)(H,49,62)(H,50,60)(H,51,57)(H,52,59)(H,53,63)(H,54,56)(H,55,61)(H,64,65)(H4,42,43,46)(H4,44,45,47)/t21-,22-,23-,24-,25-,26-,27-,29-,30-/m0/s1. The molecule has 9 atom stereocenters. The molecule has 0 spiro atoms. The van der Waals surface area contributed by atoms with Gasteiger partial charge in [-0.25, -0.2) is 4.79 Å². The lowest BCUT2D eigenvalue weighted by molar-refractivity contribution is -0.141. The van der Waals surface area contributed by atoms with Gasteiger partial charge in [0, 0.05) is 30.3 Å². The first-order chi connectivity index (χ1) is 31.8. The zero-order valence-electron chi connectivity index (χ0n) is 39.6. The first-order valence-electron chi connectivity index (χ1n) is 22.1. The summed E-state index contributed by atoms with van der Waals surface area (Å²) in [4.78, 5) is 126. The van der Waals surface area contributed by atoms with Gasteiger partial charge in [0.15, 0.2) is 11.9 Å². The number of nitrogens with one attached hydrogen (secondary N) is 8. The second-order valence-electron chi connectivity index (χ2n) is 16.7. The maximum Gasteiger partial charge on any atom is 0.327 e. The Labute approximate surface area is 414 Å². The molecule has 19 N–H and O–H groups in total. The highest BCUT2D eigenvalue weighted by molar-refractivity contribution is 7.80. The molecule has 0 aromatic carbocycles. The van der Waals surface area contributed by atoms with Crippen molar-refractivity contribution in [2.75, 3.05) is 36.9 Å². The molecule has 8 amide bonds. The number of rotatable bonds is 33. The molecular weight excluding hydrogens is 947 g/mol. The van der Waals surface area contributed by atoms with Gasteiger partial charge in [0.2, 0.25) is 47.3 Å². The van der Waals surface area contributed by atoms with Gasteiger partial charge >= 0.3 is 5.97 Å². The van der Waals surface area contributed by atoms with Gasteiger partial charge in [0.1, 0.15) is 42.3 Å². The number of carboxylic acid groups (broad SMARTS) is 1. The fourth-order valence-corrected chi connectivity index (χ4v) is 6.81. The van der Waals surface area contributed by atoms with Gasteiger partial charge in [-0.3, -0.25) is 48.3 Å². The average molecular weight is 1020 g/mol. The Morgan fingerprint density at radius 2 is 0.985 bits per heavy atom. The van der Waals surface area contributed by atoms with Gasteiger partial charge in [-0.05, 0) is 49.9 Å². The number of hydrogen-bond acceptors (Lipinski definition) is 15. The molecule has 0 aliphatic carbocycles. The minimum Gasteiger partial charge on any atom is -0.480 e. The van der Waals surface area contributed by atoms with Gasteiger partial charge < -0.3 is 76.3 Å². The van der Waals surface area contributed by atoms with Crippen LogP contribution in [0.4, 0.5) is 0 Å². The van der Waals surface area contributed by atoms with Crippen molar-refractivity contribution in [3.05, 3.63) is 0 Å². The van der Waals surface area contributed by atoms with Crippen LogP contribution in [0.3, 0.4) is 0 Å². The Morgan fingerprint density at radius 3 is 1.46 bits per heavy atom. The fraction of sp³-hybridized carbons (Fsp3) is 0.725. The third kappa shape index (κ3) is 24.7. The van der Waals surface area contributed by atoms with E-state index >= 15 is 0 Å². The molecule has 0 bridgehead atoms. The second-order valence-corrected chi connectivity index (χ2v) is 17.8. The number of aliphatic carboxylic acids is 1. The van der Waals surface area contributed by atoms with Crippen LogP contribution in [0.1, 0.15) is 80.1 Å². The third-order valence-corrected chi connectivity index (χ3v) is 11.2. The number of carboxylic acids is 1. The van der Waals surface area contributed by atoms with Crippen molar-refractivity contribution >= 4 is 103 Å². The van der Waals surface area contributed by atoms with E-state index < -0.39 is 120 Å². The van der Waals surface area contributed by atoms with Crippen LogP contribution >= 0.6 is 37.9 Å². The van der Waals surface area contributed by atoms with Crippen LogP contribution in [0.15, 0.2) is 9.98 Å². The molecule has 0 rings (SSSR count). The van der Waals surface area contributed by atoms with Crippen LogP contribution in [0.5, 0.6) is 0 Å². The summed E-state index contributed by atoms with van der Waals surface area (Å²) in [6, 6.07) is -9.71. The highest BCUT2D eigenvalue weighted by Gasteiger charge is 2.34. The van der Waals surface area contributed by atoms with Crippen LogP contribution in [0.25, 0.3) is 0 Å². The Balaban J connectivity index is 6.08. The van der Waals surface area contributed by atoms with E-state index in [1.807, 2.05) is 0 Å². The number of amides is 8. The molecule has 0 unspecified atom stereocenters. The summed E-state index contributed by atoms with van der Waals surface area (Å²) in [5.74, 6) is -9.45. The van der Waals surface area contributed by atoms with Crippen LogP contribution in [0, 0.1) is 17.8 Å². The van der Waals surface area contributed by atoms with E-state index in [0.717, 1.165) is 0 Å². The lowest BCUT2D eigenvalue weighted by atomic mass is 9.98. The largest absolute Gasteiger partial charge is 0.480 e. The monoisotopic (exact) mass is 1020 g/mol. The summed E-state index contributed by atoms with van der Waals surface area (Å²) in [7, 11) is 0. The molecule has 0 aliphatic rings. The van der Waals surface area contributed by atoms with Crippen molar-refractivity contribution < 1.29 is 48.3 Å². The van der Waals surface area contributed by atoms with Crippen molar-refractivity contribution in [1.29, 1.82) is 0 Å². The maximum atomic E-state index is 13.8. The van der Waals surface area contributed by atoms with Gasteiger partial charge in [0.25, 0.3) is 0 Å². The fourth-order valence-electron chi connectivity index (χ4n) is 6.05. The smallest absolute Gasteiger partial charge is 0.327 e. The molecule has 0 aromatic heterocycles. The van der Waals surface area contributed by atoms with E-state index in [1.54, 1.807) is 41.5 Å². The summed E-state index contributed by atoms with van der Waals surface area (Å²) in [6.45, 7) is 9.98. The van der Waals surface area contributed by atoms with Crippen molar-refractivity contribution in [1.82, 2.24) is 42.5 Å². The number of aliphatic imine (C=N–C) groups is 2. The summed E-state index contributed by atoms with van der Waals surface area (Å²) >= 11 is 12.4. The zero-order chi connectivity index (χ0) is 52.3. The molecule has 0 fully saturated rings. The Kier molecular flexibility index (Phi) is 30.7. The lowest BCUT2D eigenvalue weighted by Gasteiger charge is -2.28. The number of carbonyl (C=O) groups is 9. The van der Waals surface area contributed by atoms with E-state index in [2.05, 4.69) is 90.4 Å². The predicted molar refractivity (Wildman–Crippen MR) is 267 cm³/mol. The van der Waals surface area contributed by atoms with Gasteiger partial charge in [-0.2, -0.15) is 37.9 Å². The third-order valence-electron chi connectivity index (χ3n) is 10.1. The minimum absolute atomic E-state index is 0.0313. The van der Waals surface area contributed by atoms with Gasteiger partial charge in [-0.15, -0.1) is 0 Å². The number of carbonyl (C=O) groups excluding carboxylic acids is 8. The molecule has 0 aromatic rings. The summed E-state index contributed by atoms with van der Waals surface area (Å²) < 4.78 is 0. The normalized spacial score (nSPS) is 15.0. The maximum absolute atomic E-state index is 13.8. The molecule has 68 heavy (non-hydrogen) atoms. The van der Waals surface area contributed by atoms with E-state index in [-0.39, 0.29) is 73.9 Å². The molecule has 25 nitrogen and oxygen atoms in total. The van der Waals surface area contributed by atoms with Crippen molar-refractivity contribution in [3.8, 4) is 0 Å². The molecule has 388 valence electrons. The highest BCUT2D eigenvalue weighted by atomic mass is 32.1. The van der Waals surface area contributed by atoms with Crippen LogP contribution in [0.2, 0.25) is 0 Å². The van der Waals surface area contributed by atoms with Crippen molar-refractivity contribution in [2.24, 2.45) is 56.4 Å². The summed E-state index contributed by atoms with van der Waals surface area (Å²) in [6.07, 6.45) is 1.32. The van der Waals surface area contributed by atoms with Gasteiger partial charge in [0.05, 0.1) is 12.6 Å². The van der Waals surface area contributed by atoms with E-state index in [9.17, 15) is 48.3 Å². The second kappa shape index (κ2) is 33.3. The average Bonchev–Trinajstić information content (AvgIpc) is 3.27. The first kappa shape index (κ1) is 62.8. The van der Waals surface area contributed by atoms with Gasteiger partial charge in [-0.1, -0.05) is 48.0 Å². The first-order valence-corrected chi connectivity index (χ1v) is 24.0. The van der Waals surface area contributed by atoms with Crippen molar-refractivity contribution in [3.63, 3.8) is 0 Å². The predicted octanol–water partition coefficient (Wildman–Crippen LogP) is -4.45. The number of guanidine groups is 2. The number of nitrogens with zero attached hydrogens (tertiary/aromatic N) is 2. The van der Waals surface area contributed by atoms with E-state index in [4.69, 9.17) is 28.7 Å². The molecule has 0 heterocycles. The minimum atomic E-state index is -1.32. The quantitative estimate of drug-likeness (QED) is 0.0128. The van der Waals surface area contributed by atoms with Crippen LogP contribution in [-0.4, -0.2) is 155 Å². The number of nitrogens with two attached hydrogens (primary N) is 5. The topological polar surface area (TPSA) is 425 Å². The Bertz CT molecular complexity index is 1750. The molecule has 0 saturated heterocycles. The van der Waals surface area contributed by atoms with E-state index in [1.165, 1.54) is 0 Å². The highest BCUT2D eigenvalue weighted by Crippen LogP contribution is 2.11. The molecule has 0 radical (unpaired) electrons. The lowest BCUT2D eigenvalue weighted by Crippen LogP contribution is -2.61. The number of hydrogen-bond donors (Lipinski definition) is 17. The van der Waals surface area contributed by atoms with E-state index in [0.29, 0.717) is 12.8 Å². The van der Waals surface area contributed by atoms with Crippen LogP contribution in [-0.2, 0) is 43.2 Å². The Morgan fingerprint density at radius 1 is 0.544 bits per heavy atom. The van der Waals surface area contributed by atoms with Crippen LogP contribution < -0.4 is 71.2 Å². The molecule has 0 saturated carbocycles. The molecule has 28 heteroatoms. The summed E-state index contributed by atoms with van der Waals surface area (Å²) in [5.41, 5.74) is 27.5. The summed E-state index contributed by atoms with van der Waals surface area (Å²) in [5, 5.41) is 29.6. The molecular formula is C40H75N15O10S3.